The lowest BCUT2D eigenvalue weighted by molar-refractivity contribution is -0.380. The molecule has 0 unspecified atom stereocenters. The zero-order chi connectivity index (χ0) is 21.6. The van der Waals surface area contributed by atoms with Gasteiger partial charge in [0.2, 0.25) is 0 Å². The van der Waals surface area contributed by atoms with Crippen molar-refractivity contribution in [3.63, 3.8) is 0 Å². The summed E-state index contributed by atoms with van der Waals surface area (Å²) >= 11 is 2.66. The first-order chi connectivity index (χ1) is 15.2. The maximum absolute atomic E-state index is 11.0. The molecule has 0 aliphatic heterocycles. The van der Waals surface area contributed by atoms with Crippen molar-refractivity contribution in [2.24, 2.45) is 0 Å². The van der Waals surface area contributed by atoms with Crippen LogP contribution in [-0.4, -0.2) is 26.8 Å². The summed E-state index contributed by atoms with van der Waals surface area (Å²) in [5.41, 5.74) is 3.01. The van der Waals surface area contributed by atoms with E-state index in [1.807, 2.05) is 47.8 Å². The predicted molar refractivity (Wildman–Crippen MR) is 123 cm³/mol. The molecule has 31 heavy (non-hydrogen) atoms. The van der Waals surface area contributed by atoms with Crippen LogP contribution >= 0.6 is 23.1 Å². The third-order valence-electron chi connectivity index (χ3n) is 4.72. The monoisotopic (exact) mass is 452 g/mol. The summed E-state index contributed by atoms with van der Waals surface area (Å²) < 4.78 is 7.62. The van der Waals surface area contributed by atoms with Gasteiger partial charge in [0.15, 0.2) is 11.0 Å². The van der Waals surface area contributed by atoms with Crippen LogP contribution < -0.4 is 4.74 Å². The SMILES string of the molecule is COc1ccccc1-c1nnc(SCc2csc([N+](=O)[O-])c2)n1CCc1ccccc1. The molecular formula is C22H20N4O3S2. The van der Waals surface area contributed by atoms with Gasteiger partial charge in [-0.2, -0.15) is 0 Å². The second kappa shape index (κ2) is 9.76. The van der Waals surface area contributed by atoms with Crippen LogP contribution in [-0.2, 0) is 18.7 Å². The van der Waals surface area contributed by atoms with Crippen molar-refractivity contribution in [3.05, 3.63) is 87.3 Å². The Morgan fingerprint density at radius 3 is 2.61 bits per heavy atom. The van der Waals surface area contributed by atoms with Crippen LogP contribution in [0.4, 0.5) is 5.00 Å². The van der Waals surface area contributed by atoms with Crippen LogP contribution in [0.1, 0.15) is 11.1 Å². The molecule has 0 saturated heterocycles. The first-order valence-corrected chi connectivity index (χ1v) is 11.5. The molecule has 158 valence electrons. The molecule has 0 aliphatic carbocycles. The van der Waals surface area contributed by atoms with E-state index in [2.05, 4.69) is 26.9 Å². The number of hydrogen-bond acceptors (Lipinski definition) is 7. The number of aryl methyl sites for hydroxylation is 1. The van der Waals surface area contributed by atoms with Crippen molar-refractivity contribution >= 4 is 28.1 Å². The smallest absolute Gasteiger partial charge is 0.324 e. The van der Waals surface area contributed by atoms with E-state index in [4.69, 9.17) is 4.74 Å². The Labute approximate surface area is 187 Å². The number of para-hydroxylation sites is 1. The molecule has 0 atom stereocenters. The van der Waals surface area contributed by atoms with Crippen LogP contribution in [0, 0.1) is 10.1 Å². The van der Waals surface area contributed by atoms with E-state index in [1.165, 1.54) is 17.3 Å². The van der Waals surface area contributed by atoms with Crippen molar-refractivity contribution < 1.29 is 9.66 Å². The standard InChI is InChI=1S/C22H20N4O3S2/c1-29-19-10-6-5-9-18(19)21-23-24-22(25(21)12-11-16-7-3-2-4-8-16)31-15-17-13-20(26(27)28)30-14-17/h2-10,13-14H,11-12,15H2,1H3. The van der Waals surface area contributed by atoms with Crippen molar-refractivity contribution in [3.8, 4) is 17.1 Å². The quantitative estimate of drug-likeness (QED) is 0.191. The zero-order valence-electron chi connectivity index (χ0n) is 16.8. The molecule has 0 N–H and O–H groups in total. The number of ether oxygens (including phenoxy) is 1. The van der Waals surface area contributed by atoms with Crippen molar-refractivity contribution in [2.75, 3.05) is 7.11 Å². The lowest BCUT2D eigenvalue weighted by Gasteiger charge is -2.12. The van der Waals surface area contributed by atoms with Crippen LogP contribution in [0.3, 0.4) is 0 Å². The molecule has 7 nitrogen and oxygen atoms in total. The number of aromatic nitrogens is 3. The summed E-state index contributed by atoms with van der Waals surface area (Å²) in [6, 6.07) is 19.6. The number of hydrogen-bond donors (Lipinski definition) is 0. The Bertz CT molecular complexity index is 1170. The summed E-state index contributed by atoms with van der Waals surface area (Å²) in [4.78, 5) is 10.6. The Morgan fingerprint density at radius 2 is 1.87 bits per heavy atom. The van der Waals surface area contributed by atoms with E-state index < -0.39 is 0 Å². The number of thioether (sulfide) groups is 1. The Morgan fingerprint density at radius 1 is 1.10 bits per heavy atom. The third kappa shape index (κ3) is 4.95. The van der Waals surface area contributed by atoms with Crippen LogP contribution in [0.25, 0.3) is 11.4 Å². The van der Waals surface area contributed by atoms with Gasteiger partial charge in [-0.25, -0.2) is 0 Å². The van der Waals surface area contributed by atoms with E-state index in [0.717, 1.165) is 45.6 Å². The van der Waals surface area contributed by atoms with Gasteiger partial charge >= 0.3 is 5.00 Å². The molecule has 0 aliphatic rings. The van der Waals surface area contributed by atoms with Gasteiger partial charge in [-0.3, -0.25) is 10.1 Å². The molecule has 9 heteroatoms. The Balaban J connectivity index is 1.62. The minimum Gasteiger partial charge on any atom is -0.496 e. The van der Waals surface area contributed by atoms with E-state index in [9.17, 15) is 10.1 Å². The van der Waals surface area contributed by atoms with Gasteiger partial charge in [-0.15, -0.1) is 10.2 Å². The average Bonchev–Trinajstić information content (AvgIpc) is 3.44. The lowest BCUT2D eigenvalue weighted by Crippen LogP contribution is -2.06. The van der Waals surface area contributed by atoms with E-state index >= 15 is 0 Å². The largest absolute Gasteiger partial charge is 0.496 e. The second-order valence-corrected chi connectivity index (χ2v) is 8.56. The molecule has 0 fully saturated rings. The van der Waals surface area contributed by atoms with Gasteiger partial charge in [0.1, 0.15) is 5.75 Å². The van der Waals surface area contributed by atoms with Gasteiger partial charge in [0.25, 0.3) is 0 Å². The van der Waals surface area contributed by atoms with Gasteiger partial charge in [-0.1, -0.05) is 65.6 Å². The highest BCUT2D eigenvalue weighted by atomic mass is 32.2. The predicted octanol–water partition coefficient (Wildman–Crippen LogP) is 5.46. The van der Waals surface area contributed by atoms with Crippen molar-refractivity contribution in [2.45, 2.75) is 23.9 Å². The highest BCUT2D eigenvalue weighted by Gasteiger charge is 2.18. The number of rotatable bonds is 9. The molecule has 0 radical (unpaired) electrons. The highest BCUT2D eigenvalue weighted by Crippen LogP contribution is 2.33. The highest BCUT2D eigenvalue weighted by molar-refractivity contribution is 7.98. The van der Waals surface area contributed by atoms with Gasteiger partial charge in [-0.05, 0) is 29.7 Å². The van der Waals surface area contributed by atoms with Crippen molar-refractivity contribution in [1.29, 1.82) is 0 Å². The molecular weight excluding hydrogens is 432 g/mol. The zero-order valence-corrected chi connectivity index (χ0v) is 18.4. The molecule has 2 heterocycles. The summed E-state index contributed by atoms with van der Waals surface area (Å²) in [6.07, 6.45) is 0.832. The summed E-state index contributed by atoms with van der Waals surface area (Å²) in [6.45, 7) is 0.705. The number of thiophene rings is 1. The molecule has 0 bridgehead atoms. The summed E-state index contributed by atoms with van der Waals surface area (Å²) in [7, 11) is 1.64. The van der Waals surface area contributed by atoms with E-state index in [-0.39, 0.29) is 9.92 Å². The molecule has 2 aromatic carbocycles. The maximum Gasteiger partial charge on any atom is 0.324 e. The fourth-order valence-corrected chi connectivity index (χ4v) is 4.92. The molecule has 0 saturated carbocycles. The maximum atomic E-state index is 11.0. The fourth-order valence-electron chi connectivity index (χ4n) is 3.19. The number of methoxy groups -OCH3 is 1. The molecule has 2 aromatic heterocycles. The fraction of sp³-hybridized carbons (Fsp3) is 0.182. The van der Waals surface area contributed by atoms with Gasteiger partial charge < -0.3 is 9.30 Å². The van der Waals surface area contributed by atoms with E-state index in [0.29, 0.717) is 12.3 Å². The summed E-state index contributed by atoms with van der Waals surface area (Å²) in [5, 5.41) is 22.6. The van der Waals surface area contributed by atoms with Crippen LogP contribution in [0.15, 0.2) is 71.2 Å². The molecule has 0 amide bonds. The number of nitrogens with zero attached hydrogens (tertiary/aromatic N) is 4. The molecule has 0 spiro atoms. The average molecular weight is 453 g/mol. The van der Waals surface area contributed by atoms with Crippen molar-refractivity contribution in [1.82, 2.24) is 14.8 Å². The number of benzene rings is 2. The van der Waals surface area contributed by atoms with Gasteiger partial charge in [0, 0.05) is 23.7 Å². The normalized spacial score (nSPS) is 10.9. The minimum absolute atomic E-state index is 0.149. The minimum atomic E-state index is -0.360. The van der Waals surface area contributed by atoms with E-state index in [1.54, 1.807) is 13.2 Å². The topological polar surface area (TPSA) is 83.1 Å². The Hall–Kier alpha value is -3.17. The van der Waals surface area contributed by atoms with Crippen LogP contribution in [0.2, 0.25) is 0 Å². The van der Waals surface area contributed by atoms with Crippen LogP contribution in [0.5, 0.6) is 5.75 Å². The first-order valence-electron chi connectivity index (χ1n) is 9.61. The number of nitro groups is 1. The third-order valence-corrected chi connectivity index (χ3v) is 6.69. The second-order valence-electron chi connectivity index (χ2n) is 6.73. The lowest BCUT2D eigenvalue weighted by atomic mass is 10.1. The first kappa shape index (κ1) is 21.1. The molecule has 4 rings (SSSR count). The van der Waals surface area contributed by atoms with Gasteiger partial charge in [0.05, 0.1) is 17.6 Å². The molecule has 4 aromatic rings. The Kier molecular flexibility index (Phi) is 6.63. The summed E-state index contributed by atoms with van der Waals surface area (Å²) in [5.74, 6) is 2.06.